The molecule has 0 aromatic heterocycles. The molecule has 0 spiro atoms. The largest absolute Gasteiger partial charge is 0.481 e. The molecule has 0 amide bonds. The van der Waals surface area contributed by atoms with E-state index in [2.05, 4.69) is 6.92 Å². The lowest BCUT2D eigenvalue weighted by Crippen LogP contribution is -2.51. The van der Waals surface area contributed by atoms with Gasteiger partial charge in [0.15, 0.2) is 6.73 Å². The first-order valence-corrected chi connectivity index (χ1v) is 8.38. The van der Waals surface area contributed by atoms with Crippen LogP contribution in [0.2, 0.25) is 0 Å². The minimum absolute atomic E-state index is 0.0330. The van der Waals surface area contributed by atoms with Crippen LogP contribution in [0, 0.1) is 11.8 Å². The zero-order valence-electron chi connectivity index (χ0n) is 14.6. The maximum absolute atomic E-state index is 11.1. The molecule has 3 N–H and O–H groups in total. The lowest BCUT2D eigenvalue weighted by atomic mass is 10.1. The Bertz CT molecular complexity index is 372. The maximum atomic E-state index is 11.1. The zero-order valence-corrected chi connectivity index (χ0v) is 14.6. The van der Waals surface area contributed by atoms with Gasteiger partial charge in [0.2, 0.25) is 0 Å². The van der Waals surface area contributed by atoms with Crippen molar-refractivity contribution in [3.05, 3.63) is 12.3 Å². The fourth-order valence-electron chi connectivity index (χ4n) is 2.59. The van der Waals surface area contributed by atoms with Gasteiger partial charge in [0.25, 0.3) is 0 Å². The summed E-state index contributed by atoms with van der Waals surface area (Å²) < 4.78 is -0.0330. The summed E-state index contributed by atoms with van der Waals surface area (Å²) in [6, 6.07) is 0. The fourth-order valence-corrected chi connectivity index (χ4v) is 2.59. The topological polar surface area (TPSA) is 94.8 Å². The van der Waals surface area contributed by atoms with Crippen LogP contribution in [0.4, 0.5) is 0 Å². The van der Waals surface area contributed by atoms with Crippen molar-refractivity contribution in [3.8, 4) is 0 Å². The summed E-state index contributed by atoms with van der Waals surface area (Å²) in [7, 11) is 0. The first kappa shape index (κ1) is 21.6. The molecule has 0 rings (SSSR count). The normalized spacial score (nSPS) is 16.9. The molecule has 0 heterocycles. The van der Waals surface area contributed by atoms with Crippen LogP contribution < -0.4 is 0 Å². The number of carboxylic acids is 2. The molecule has 0 aliphatic rings. The van der Waals surface area contributed by atoms with Crippen molar-refractivity contribution in [2.24, 2.45) is 11.8 Å². The highest BCUT2D eigenvalue weighted by Gasteiger charge is 2.33. The Balaban J connectivity index is 4.97. The molecular formula is C17H32NO5+. The number of rotatable bonds is 13. The van der Waals surface area contributed by atoms with Gasteiger partial charge < -0.3 is 15.3 Å². The SMILES string of the molecule is CCCCCC/C=C/[N+](CO)(CC(C)C(=O)O)CC(C)C(=O)O. The maximum Gasteiger partial charge on any atom is 0.311 e. The number of aliphatic hydroxyl groups is 1. The van der Waals surface area contributed by atoms with Gasteiger partial charge in [-0.25, -0.2) is 0 Å². The summed E-state index contributed by atoms with van der Waals surface area (Å²) >= 11 is 0. The number of allylic oxidation sites excluding steroid dienone is 1. The summed E-state index contributed by atoms with van der Waals surface area (Å²) in [6.07, 6.45) is 9.09. The summed E-state index contributed by atoms with van der Waals surface area (Å²) in [6.45, 7) is 5.34. The summed E-state index contributed by atoms with van der Waals surface area (Å²) in [5, 5.41) is 28.1. The summed E-state index contributed by atoms with van der Waals surface area (Å²) in [5.74, 6) is -3.21. The Morgan fingerprint density at radius 3 is 1.91 bits per heavy atom. The summed E-state index contributed by atoms with van der Waals surface area (Å²) in [5.41, 5.74) is 0. The Labute approximate surface area is 139 Å². The van der Waals surface area contributed by atoms with Crippen molar-refractivity contribution in [1.29, 1.82) is 0 Å². The number of carbonyl (C=O) groups is 2. The van der Waals surface area contributed by atoms with Crippen molar-refractivity contribution in [2.75, 3.05) is 19.8 Å². The Kier molecular flexibility index (Phi) is 10.5. The van der Waals surface area contributed by atoms with E-state index in [0.29, 0.717) is 0 Å². The average molecular weight is 330 g/mol. The van der Waals surface area contributed by atoms with Gasteiger partial charge in [-0.1, -0.05) is 26.2 Å². The average Bonchev–Trinajstić information content (AvgIpc) is 2.50. The highest BCUT2D eigenvalue weighted by Crippen LogP contribution is 2.17. The molecule has 0 aromatic carbocycles. The number of carboxylic acid groups (broad SMARTS) is 2. The second-order valence-electron chi connectivity index (χ2n) is 6.44. The first-order valence-electron chi connectivity index (χ1n) is 8.38. The number of aliphatic hydroxyl groups excluding tert-OH is 1. The number of nitrogens with zero attached hydrogens (tertiary/aromatic N) is 1. The van der Waals surface area contributed by atoms with Crippen LogP contribution in [0.1, 0.15) is 52.9 Å². The number of hydrogen-bond acceptors (Lipinski definition) is 3. The third-order valence-electron chi connectivity index (χ3n) is 4.05. The van der Waals surface area contributed by atoms with E-state index in [0.717, 1.165) is 25.7 Å². The van der Waals surface area contributed by atoms with Crippen LogP contribution in [0.5, 0.6) is 0 Å². The van der Waals surface area contributed by atoms with Gasteiger partial charge >= 0.3 is 11.9 Å². The second kappa shape index (κ2) is 11.2. The van der Waals surface area contributed by atoms with Crippen LogP contribution in [0.25, 0.3) is 0 Å². The predicted molar refractivity (Wildman–Crippen MR) is 88.6 cm³/mol. The van der Waals surface area contributed by atoms with Crippen molar-refractivity contribution in [3.63, 3.8) is 0 Å². The number of aliphatic carboxylic acids is 2. The second-order valence-corrected chi connectivity index (χ2v) is 6.44. The monoisotopic (exact) mass is 330 g/mol. The van der Waals surface area contributed by atoms with Gasteiger partial charge in [0.1, 0.15) is 11.8 Å². The zero-order chi connectivity index (χ0) is 17.9. The number of quaternary nitrogens is 1. The molecule has 2 atom stereocenters. The van der Waals surface area contributed by atoms with Crippen molar-refractivity contribution < 1.29 is 29.4 Å². The molecule has 0 bridgehead atoms. The van der Waals surface area contributed by atoms with Gasteiger partial charge in [-0.05, 0) is 32.8 Å². The van der Waals surface area contributed by atoms with Crippen LogP contribution in [0.15, 0.2) is 12.3 Å². The molecule has 6 heteroatoms. The lowest BCUT2D eigenvalue weighted by molar-refractivity contribution is -0.902. The van der Waals surface area contributed by atoms with Crippen LogP contribution in [-0.4, -0.2) is 51.6 Å². The van der Waals surface area contributed by atoms with E-state index in [9.17, 15) is 14.7 Å². The highest BCUT2D eigenvalue weighted by molar-refractivity contribution is 5.70. The quantitative estimate of drug-likeness (QED) is 0.274. The molecule has 2 unspecified atom stereocenters. The Hall–Kier alpha value is -1.40. The molecule has 23 heavy (non-hydrogen) atoms. The number of unbranched alkanes of at least 4 members (excludes halogenated alkanes) is 4. The molecular weight excluding hydrogens is 298 g/mol. The van der Waals surface area contributed by atoms with Crippen LogP contribution >= 0.6 is 0 Å². The third kappa shape index (κ3) is 8.71. The highest BCUT2D eigenvalue weighted by atomic mass is 16.4. The molecule has 0 radical (unpaired) electrons. The minimum atomic E-state index is -0.944. The smallest absolute Gasteiger partial charge is 0.311 e. The first-order chi connectivity index (χ1) is 10.8. The van der Waals surface area contributed by atoms with Crippen molar-refractivity contribution in [2.45, 2.75) is 52.9 Å². The predicted octanol–water partition coefficient (Wildman–Crippen LogP) is 2.68. The molecule has 6 nitrogen and oxygen atoms in total. The van der Waals surface area contributed by atoms with Crippen molar-refractivity contribution >= 4 is 11.9 Å². The molecule has 0 aliphatic carbocycles. The summed E-state index contributed by atoms with van der Waals surface area (Å²) in [4.78, 5) is 22.3. The lowest BCUT2D eigenvalue weighted by Gasteiger charge is -2.35. The van der Waals surface area contributed by atoms with Gasteiger partial charge in [0, 0.05) is 0 Å². The van der Waals surface area contributed by atoms with E-state index in [4.69, 9.17) is 10.2 Å². The van der Waals surface area contributed by atoms with E-state index in [1.807, 2.05) is 6.08 Å². The van der Waals surface area contributed by atoms with Crippen molar-refractivity contribution in [1.82, 2.24) is 0 Å². The molecule has 0 fully saturated rings. The Morgan fingerprint density at radius 2 is 1.52 bits per heavy atom. The molecule has 134 valence electrons. The Morgan fingerprint density at radius 1 is 1.00 bits per heavy atom. The van der Waals surface area contributed by atoms with E-state index in [-0.39, 0.29) is 24.3 Å². The van der Waals surface area contributed by atoms with E-state index in [1.165, 1.54) is 6.42 Å². The van der Waals surface area contributed by atoms with E-state index in [1.54, 1.807) is 20.0 Å². The van der Waals surface area contributed by atoms with Gasteiger partial charge in [-0.15, -0.1) is 0 Å². The molecule has 0 aromatic rings. The molecule has 0 saturated carbocycles. The number of hydrogen-bond donors (Lipinski definition) is 3. The van der Waals surface area contributed by atoms with E-state index < -0.39 is 23.8 Å². The standard InChI is InChI=1S/C17H31NO5/c1-4-5-6-7-8-9-10-18(13-19,11-14(2)16(20)21)12-15(3)17(22)23/h9-10,14-15,19H,4-8,11-13H2,1-3H3,(H-,20,21,22,23)/p+1/b10-9+. The van der Waals surface area contributed by atoms with E-state index >= 15 is 0 Å². The van der Waals surface area contributed by atoms with Gasteiger partial charge in [-0.2, -0.15) is 0 Å². The van der Waals surface area contributed by atoms with Gasteiger partial charge in [-0.3, -0.25) is 14.1 Å². The van der Waals surface area contributed by atoms with Crippen LogP contribution in [0.3, 0.4) is 0 Å². The third-order valence-corrected chi connectivity index (χ3v) is 4.05. The van der Waals surface area contributed by atoms with Crippen LogP contribution in [-0.2, 0) is 9.59 Å². The molecule has 0 aliphatic heterocycles. The van der Waals surface area contributed by atoms with Gasteiger partial charge in [0.05, 0.1) is 19.3 Å². The minimum Gasteiger partial charge on any atom is -0.481 e. The molecule has 0 saturated heterocycles. The fraction of sp³-hybridized carbons (Fsp3) is 0.765.